The summed E-state index contributed by atoms with van der Waals surface area (Å²) in [6.45, 7) is 3.94. The summed E-state index contributed by atoms with van der Waals surface area (Å²) < 4.78 is 26.7. The molecule has 1 N–H and O–H groups in total. The fourth-order valence-electron chi connectivity index (χ4n) is 1.75. The molecule has 1 saturated carbocycles. The Kier molecular flexibility index (Phi) is 2.97. The van der Waals surface area contributed by atoms with Crippen molar-refractivity contribution in [2.24, 2.45) is 11.3 Å². The number of rotatable bonds is 2. The normalized spacial score (nSPS) is 21.1. The molecule has 0 aliphatic heterocycles. The van der Waals surface area contributed by atoms with Crippen molar-refractivity contribution in [2.75, 3.05) is 5.32 Å². The van der Waals surface area contributed by atoms with Gasteiger partial charge in [-0.2, -0.15) is 0 Å². The lowest BCUT2D eigenvalue weighted by Crippen LogP contribution is -2.17. The summed E-state index contributed by atoms with van der Waals surface area (Å²) in [4.78, 5) is 11.7. The molecule has 1 fully saturated rings. The minimum absolute atomic E-state index is 0.0333. The van der Waals surface area contributed by atoms with E-state index in [0.29, 0.717) is 0 Å². The first kappa shape index (κ1) is 12.5. The topological polar surface area (TPSA) is 29.1 Å². The van der Waals surface area contributed by atoms with Crippen LogP contribution < -0.4 is 5.32 Å². The van der Waals surface area contributed by atoms with Crippen molar-refractivity contribution >= 4 is 27.5 Å². The SMILES string of the molecule is CC1(C)CC1C(=O)Nc1cc(F)c(Br)cc1F. The number of hydrogen-bond donors (Lipinski definition) is 1. The Morgan fingerprint density at radius 1 is 1.41 bits per heavy atom. The molecule has 2 rings (SSSR count). The van der Waals surface area contributed by atoms with Gasteiger partial charge in [-0.1, -0.05) is 13.8 Å². The van der Waals surface area contributed by atoms with Crippen LogP contribution in [0.4, 0.5) is 14.5 Å². The molecule has 0 radical (unpaired) electrons. The molecular formula is C12H12BrF2NO. The summed E-state index contributed by atoms with van der Waals surface area (Å²) in [6.07, 6.45) is 0.777. The summed E-state index contributed by atoms with van der Waals surface area (Å²) in [6, 6.07) is 1.98. The van der Waals surface area contributed by atoms with Crippen molar-refractivity contribution in [1.82, 2.24) is 0 Å². The maximum Gasteiger partial charge on any atom is 0.228 e. The number of anilines is 1. The van der Waals surface area contributed by atoms with Gasteiger partial charge in [-0.3, -0.25) is 4.79 Å². The lowest BCUT2D eigenvalue weighted by molar-refractivity contribution is -0.118. The quantitative estimate of drug-likeness (QED) is 0.829. The van der Waals surface area contributed by atoms with E-state index in [-0.39, 0.29) is 27.4 Å². The van der Waals surface area contributed by atoms with Crippen molar-refractivity contribution in [3.8, 4) is 0 Å². The lowest BCUT2D eigenvalue weighted by Gasteiger charge is -2.08. The van der Waals surface area contributed by atoms with Gasteiger partial charge in [0.2, 0.25) is 5.91 Å². The number of hydrogen-bond acceptors (Lipinski definition) is 1. The van der Waals surface area contributed by atoms with Gasteiger partial charge < -0.3 is 5.32 Å². The first-order chi connectivity index (χ1) is 7.81. The second-order valence-electron chi connectivity index (χ2n) is 4.98. The second kappa shape index (κ2) is 4.05. The number of amides is 1. The molecule has 0 bridgehead atoms. The molecule has 1 amide bonds. The molecule has 1 aromatic rings. The molecule has 5 heteroatoms. The molecule has 92 valence electrons. The highest BCUT2D eigenvalue weighted by atomic mass is 79.9. The summed E-state index contributed by atoms with van der Waals surface area (Å²) in [5.41, 5.74) is -0.146. The zero-order valence-corrected chi connectivity index (χ0v) is 11.1. The average Bonchev–Trinajstić information content (AvgIpc) is 2.84. The largest absolute Gasteiger partial charge is 0.323 e. The van der Waals surface area contributed by atoms with Crippen LogP contribution in [0.3, 0.4) is 0 Å². The van der Waals surface area contributed by atoms with E-state index < -0.39 is 11.6 Å². The molecule has 1 unspecified atom stereocenters. The predicted molar refractivity (Wildman–Crippen MR) is 64.6 cm³/mol. The van der Waals surface area contributed by atoms with Crippen LogP contribution in [0.15, 0.2) is 16.6 Å². The van der Waals surface area contributed by atoms with Crippen LogP contribution in [0.25, 0.3) is 0 Å². The average molecular weight is 304 g/mol. The fourth-order valence-corrected chi connectivity index (χ4v) is 2.07. The number of benzene rings is 1. The number of halogens is 3. The van der Waals surface area contributed by atoms with Crippen LogP contribution >= 0.6 is 15.9 Å². The van der Waals surface area contributed by atoms with Gasteiger partial charge in [0.1, 0.15) is 11.6 Å². The van der Waals surface area contributed by atoms with Gasteiger partial charge in [0, 0.05) is 12.0 Å². The smallest absolute Gasteiger partial charge is 0.228 e. The van der Waals surface area contributed by atoms with Crippen molar-refractivity contribution in [3.63, 3.8) is 0 Å². The fraction of sp³-hybridized carbons (Fsp3) is 0.417. The molecule has 0 saturated heterocycles. The highest BCUT2D eigenvalue weighted by Gasteiger charge is 2.50. The number of carbonyl (C=O) groups excluding carboxylic acids is 1. The molecule has 0 aromatic heterocycles. The summed E-state index contributed by atoms with van der Waals surface area (Å²) in [5.74, 6) is -1.62. The van der Waals surface area contributed by atoms with Gasteiger partial charge >= 0.3 is 0 Å². The summed E-state index contributed by atoms with van der Waals surface area (Å²) in [5, 5.41) is 2.42. The minimum Gasteiger partial charge on any atom is -0.323 e. The summed E-state index contributed by atoms with van der Waals surface area (Å²) in [7, 11) is 0. The van der Waals surface area contributed by atoms with Gasteiger partial charge in [-0.15, -0.1) is 0 Å². The Morgan fingerprint density at radius 3 is 2.53 bits per heavy atom. The van der Waals surface area contributed by atoms with Gasteiger partial charge in [-0.25, -0.2) is 8.78 Å². The second-order valence-corrected chi connectivity index (χ2v) is 5.84. The van der Waals surface area contributed by atoms with Gasteiger partial charge in [0.15, 0.2) is 0 Å². The third-order valence-corrected chi connectivity index (χ3v) is 3.71. The van der Waals surface area contributed by atoms with E-state index in [1.807, 2.05) is 13.8 Å². The molecule has 17 heavy (non-hydrogen) atoms. The van der Waals surface area contributed by atoms with Crippen LogP contribution in [0.1, 0.15) is 20.3 Å². The first-order valence-electron chi connectivity index (χ1n) is 5.26. The molecular weight excluding hydrogens is 292 g/mol. The number of nitrogens with one attached hydrogen (secondary N) is 1. The third kappa shape index (κ3) is 2.49. The van der Waals surface area contributed by atoms with E-state index in [9.17, 15) is 13.6 Å². The molecule has 0 heterocycles. The molecule has 1 atom stereocenters. The van der Waals surface area contributed by atoms with Gasteiger partial charge in [0.25, 0.3) is 0 Å². The van der Waals surface area contributed by atoms with Crippen LogP contribution in [0.5, 0.6) is 0 Å². The molecule has 1 aliphatic rings. The highest BCUT2D eigenvalue weighted by Crippen LogP contribution is 2.52. The maximum atomic E-state index is 13.5. The Balaban J connectivity index is 2.14. The zero-order valence-electron chi connectivity index (χ0n) is 9.48. The Bertz CT molecular complexity index is 488. The highest BCUT2D eigenvalue weighted by molar-refractivity contribution is 9.10. The molecule has 0 spiro atoms. The van der Waals surface area contributed by atoms with Crippen molar-refractivity contribution in [3.05, 3.63) is 28.2 Å². The minimum atomic E-state index is -0.648. The maximum absolute atomic E-state index is 13.5. The van der Waals surface area contributed by atoms with Gasteiger partial charge in [-0.05, 0) is 33.8 Å². The standard InChI is InChI=1S/C12H12BrF2NO/c1-12(2)5-6(12)11(17)16-10-4-8(14)7(13)3-9(10)15/h3-4,6H,5H2,1-2H3,(H,16,17). The van der Waals surface area contributed by atoms with Crippen molar-refractivity contribution in [1.29, 1.82) is 0 Å². The van der Waals surface area contributed by atoms with Crippen LogP contribution in [-0.2, 0) is 4.79 Å². The zero-order chi connectivity index (χ0) is 12.8. The van der Waals surface area contributed by atoms with E-state index in [1.54, 1.807) is 0 Å². The van der Waals surface area contributed by atoms with Crippen LogP contribution in [0.2, 0.25) is 0 Å². The lowest BCUT2D eigenvalue weighted by atomic mass is 10.1. The van der Waals surface area contributed by atoms with Crippen molar-refractivity contribution < 1.29 is 13.6 Å². The van der Waals surface area contributed by atoms with Crippen molar-refractivity contribution in [2.45, 2.75) is 20.3 Å². The Hall–Kier alpha value is -0.970. The van der Waals surface area contributed by atoms with Gasteiger partial charge in [0.05, 0.1) is 10.2 Å². The predicted octanol–water partition coefficient (Wildman–Crippen LogP) is 3.71. The van der Waals surface area contributed by atoms with Crippen LogP contribution in [0, 0.1) is 23.0 Å². The third-order valence-electron chi connectivity index (χ3n) is 3.10. The van der Waals surface area contributed by atoms with Crippen LogP contribution in [-0.4, -0.2) is 5.91 Å². The molecule has 1 aromatic carbocycles. The monoisotopic (exact) mass is 303 g/mol. The first-order valence-corrected chi connectivity index (χ1v) is 6.06. The summed E-state index contributed by atoms with van der Waals surface area (Å²) >= 11 is 2.88. The Labute approximate surface area is 107 Å². The van der Waals surface area contributed by atoms with E-state index >= 15 is 0 Å². The Morgan fingerprint density at radius 2 is 2.00 bits per heavy atom. The van der Waals surface area contributed by atoms with E-state index in [4.69, 9.17) is 0 Å². The van der Waals surface area contributed by atoms with E-state index in [1.165, 1.54) is 0 Å². The molecule has 1 aliphatic carbocycles. The number of carbonyl (C=O) groups is 1. The molecule has 2 nitrogen and oxygen atoms in total. The van der Waals surface area contributed by atoms with E-state index in [2.05, 4.69) is 21.2 Å². The van der Waals surface area contributed by atoms with E-state index in [0.717, 1.165) is 18.6 Å².